The van der Waals surface area contributed by atoms with Crippen LogP contribution in [0.15, 0.2) is 30.6 Å². The van der Waals surface area contributed by atoms with Crippen LogP contribution in [0.3, 0.4) is 0 Å². The van der Waals surface area contributed by atoms with E-state index in [0.29, 0.717) is 43.2 Å². The van der Waals surface area contributed by atoms with Gasteiger partial charge < -0.3 is 25.0 Å². The van der Waals surface area contributed by atoms with Crippen molar-refractivity contribution < 1.29 is 19.4 Å². The van der Waals surface area contributed by atoms with Gasteiger partial charge >= 0.3 is 0 Å². The van der Waals surface area contributed by atoms with Gasteiger partial charge in [0.1, 0.15) is 6.04 Å². The highest BCUT2D eigenvalue weighted by Gasteiger charge is 2.40. The van der Waals surface area contributed by atoms with Gasteiger partial charge in [-0.1, -0.05) is 11.6 Å². The first kappa shape index (κ1) is 25.0. The average molecular weight is 514 g/mol. The van der Waals surface area contributed by atoms with Gasteiger partial charge in [-0.3, -0.25) is 19.5 Å². The Morgan fingerprint density at radius 3 is 2.75 bits per heavy atom. The molecule has 9 nitrogen and oxygen atoms in total. The third-order valence-electron chi connectivity index (χ3n) is 7.22. The summed E-state index contributed by atoms with van der Waals surface area (Å²) in [6.45, 7) is 7.43. The van der Waals surface area contributed by atoms with E-state index >= 15 is 0 Å². The number of hydrogen-bond donors (Lipinski definition) is 3. The number of halogens is 1. The smallest absolute Gasteiger partial charge is 0.244 e. The number of likely N-dealkylation sites (tertiary alicyclic amines) is 1. The van der Waals surface area contributed by atoms with Crippen molar-refractivity contribution in [2.24, 2.45) is 0 Å². The van der Waals surface area contributed by atoms with Crippen molar-refractivity contribution in [3.05, 3.63) is 35.6 Å². The summed E-state index contributed by atoms with van der Waals surface area (Å²) in [7, 11) is 0. The second kappa shape index (κ2) is 9.30. The normalized spacial score (nSPS) is 22.1. The minimum atomic E-state index is -0.735. The first-order valence-electron chi connectivity index (χ1n) is 12.3. The Labute approximate surface area is 214 Å². The summed E-state index contributed by atoms with van der Waals surface area (Å²) in [6.07, 6.45) is 4.54. The molecule has 3 N–H and O–H groups in total. The molecule has 192 valence electrons. The summed E-state index contributed by atoms with van der Waals surface area (Å²) >= 11 is 6.41. The molecule has 2 amide bonds. The van der Waals surface area contributed by atoms with Crippen LogP contribution in [0.4, 0.5) is 5.69 Å². The predicted molar refractivity (Wildman–Crippen MR) is 139 cm³/mol. The minimum Gasteiger partial charge on any atom is -0.390 e. The molecule has 0 bridgehead atoms. The van der Waals surface area contributed by atoms with E-state index < -0.39 is 17.2 Å². The molecule has 10 heteroatoms. The van der Waals surface area contributed by atoms with E-state index in [4.69, 9.17) is 16.3 Å². The van der Waals surface area contributed by atoms with Gasteiger partial charge in [0.25, 0.3) is 0 Å². The Morgan fingerprint density at radius 2 is 2.00 bits per heavy atom. The van der Waals surface area contributed by atoms with E-state index in [2.05, 4.69) is 15.3 Å². The lowest BCUT2D eigenvalue weighted by molar-refractivity contribution is -0.151. The van der Waals surface area contributed by atoms with Crippen LogP contribution in [0, 0.1) is 0 Å². The van der Waals surface area contributed by atoms with Crippen molar-refractivity contribution in [3.63, 3.8) is 0 Å². The largest absolute Gasteiger partial charge is 0.390 e. The summed E-state index contributed by atoms with van der Waals surface area (Å²) in [5.41, 5.74) is 0.946. The predicted octanol–water partition coefficient (Wildman–Crippen LogP) is 3.16. The molecule has 2 aliphatic heterocycles. The van der Waals surface area contributed by atoms with Crippen LogP contribution in [-0.4, -0.2) is 86.7 Å². The average Bonchev–Trinajstić information content (AvgIpc) is 3.17. The fourth-order valence-electron chi connectivity index (χ4n) is 5.11. The highest BCUT2D eigenvalue weighted by molar-refractivity contribution is 6.33. The number of morpholine rings is 1. The molecule has 4 heterocycles. The Balaban J connectivity index is 1.37. The SMILES string of the molecule is CC1(O)CCN(C(=O)CN2CC(C)(C)OC[C@H]2C(=O)Nc2cc(Cl)cc3c2[nH]c2cnccc23)CC1. The van der Waals surface area contributed by atoms with E-state index in [-0.39, 0.29) is 25.0 Å². The van der Waals surface area contributed by atoms with E-state index in [1.54, 1.807) is 30.3 Å². The van der Waals surface area contributed by atoms with Crippen LogP contribution in [0.1, 0.15) is 33.6 Å². The second-order valence-corrected chi connectivity index (χ2v) is 11.2. The number of aromatic nitrogens is 2. The van der Waals surface area contributed by atoms with E-state index in [0.717, 1.165) is 21.8 Å². The quantitative estimate of drug-likeness (QED) is 0.494. The number of hydrogen-bond acceptors (Lipinski definition) is 6. The summed E-state index contributed by atoms with van der Waals surface area (Å²) in [5, 5.41) is 15.6. The fraction of sp³-hybridized carbons (Fsp3) is 0.500. The number of H-pyrrole nitrogens is 1. The van der Waals surface area contributed by atoms with Gasteiger partial charge in [0.2, 0.25) is 11.8 Å². The third kappa shape index (κ3) is 5.06. The zero-order valence-electron chi connectivity index (χ0n) is 20.8. The van der Waals surface area contributed by atoms with E-state index in [1.807, 2.05) is 30.9 Å². The fourth-order valence-corrected chi connectivity index (χ4v) is 5.32. The first-order valence-corrected chi connectivity index (χ1v) is 12.6. The van der Waals surface area contributed by atoms with Crippen molar-refractivity contribution in [3.8, 4) is 0 Å². The van der Waals surface area contributed by atoms with Crippen LogP contribution < -0.4 is 5.32 Å². The number of nitrogens with zero attached hydrogens (tertiary/aromatic N) is 3. The second-order valence-electron chi connectivity index (χ2n) is 10.8. The lowest BCUT2D eigenvalue weighted by Gasteiger charge is -2.43. The maximum atomic E-state index is 13.5. The molecule has 0 saturated carbocycles. The zero-order valence-corrected chi connectivity index (χ0v) is 21.6. The van der Waals surface area contributed by atoms with Crippen LogP contribution >= 0.6 is 11.6 Å². The first-order chi connectivity index (χ1) is 17.0. The summed E-state index contributed by atoms with van der Waals surface area (Å²) in [4.78, 5) is 37.8. The molecule has 2 fully saturated rings. The van der Waals surface area contributed by atoms with Gasteiger partial charge in [-0.25, -0.2) is 0 Å². The zero-order chi connectivity index (χ0) is 25.7. The highest BCUT2D eigenvalue weighted by Crippen LogP contribution is 2.33. The molecule has 0 spiro atoms. The minimum absolute atomic E-state index is 0.0470. The third-order valence-corrected chi connectivity index (χ3v) is 7.44. The number of rotatable bonds is 4. The van der Waals surface area contributed by atoms with Gasteiger partial charge in [-0.15, -0.1) is 0 Å². The number of amides is 2. The van der Waals surface area contributed by atoms with Gasteiger partial charge in [-0.2, -0.15) is 0 Å². The van der Waals surface area contributed by atoms with Crippen molar-refractivity contribution in [1.29, 1.82) is 0 Å². The highest BCUT2D eigenvalue weighted by atomic mass is 35.5. The number of anilines is 1. The lowest BCUT2D eigenvalue weighted by atomic mass is 9.94. The van der Waals surface area contributed by atoms with Crippen molar-refractivity contribution >= 4 is 50.9 Å². The number of aliphatic hydroxyl groups is 1. The number of nitrogens with one attached hydrogen (secondary N) is 2. The molecule has 5 rings (SSSR count). The molecule has 0 unspecified atom stereocenters. The van der Waals surface area contributed by atoms with Crippen molar-refractivity contribution in [2.45, 2.75) is 50.9 Å². The maximum Gasteiger partial charge on any atom is 0.244 e. The molecule has 3 aromatic rings. The van der Waals surface area contributed by atoms with E-state index in [1.165, 1.54) is 0 Å². The Hall–Kier alpha value is -2.72. The van der Waals surface area contributed by atoms with Crippen molar-refractivity contribution in [1.82, 2.24) is 19.8 Å². The molecular weight excluding hydrogens is 482 g/mol. The number of carbonyl (C=O) groups excluding carboxylic acids is 2. The number of piperidine rings is 1. The molecule has 2 saturated heterocycles. The van der Waals surface area contributed by atoms with Gasteiger partial charge in [0.05, 0.1) is 47.3 Å². The molecule has 1 aromatic carbocycles. The summed E-state index contributed by atoms with van der Waals surface area (Å²) in [6, 6.07) is 4.83. The number of benzene rings is 1. The Bertz CT molecular complexity index is 1310. The monoisotopic (exact) mass is 513 g/mol. The topological polar surface area (TPSA) is 111 Å². The molecule has 2 aliphatic rings. The maximum absolute atomic E-state index is 13.5. The standard InChI is InChI=1S/C26H32ClN5O4/c1-25(2)15-32(13-22(33)31-8-5-26(3,35)6-9-31)21(14-36-25)24(34)30-19-11-16(27)10-18-17-4-7-28-12-20(17)29-23(18)19/h4,7,10-12,21,29,35H,5-6,8-9,13-15H2,1-3H3,(H,30,34)/t21-/m0/s1. The Kier molecular flexibility index (Phi) is 6.45. The van der Waals surface area contributed by atoms with Crippen LogP contribution in [0.25, 0.3) is 21.8 Å². The number of fused-ring (bicyclic) bond motifs is 3. The molecule has 0 aliphatic carbocycles. The van der Waals surface area contributed by atoms with Crippen molar-refractivity contribution in [2.75, 3.05) is 38.1 Å². The van der Waals surface area contributed by atoms with Gasteiger partial charge in [0.15, 0.2) is 0 Å². The lowest BCUT2D eigenvalue weighted by Crippen LogP contribution is -2.60. The molecule has 36 heavy (non-hydrogen) atoms. The molecule has 2 aromatic heterocycles. The number of pyridine rings is 1. The molecule has 0 radical (unpaired) electrons. The van der Waals surface area contributed by atoms with E-state index in [9.17, 15) is 14.7 Å². The number of aromatic amines is 1. The Morgan fingerprint density at radius 1 is 1.25 bits per heavy atom. The van der Waals surface area contributed by atoms with Gasteiger partial charge in [-0.05, 0) is 51.8 Å². The van der Waals surface area contributed by atoms with Crippen LogP contribution in [0.5, 0.6) is 0 Å². The summed E-state index contributed by atoms with van der Waals surface area (Å²) in [5.74, 6) is -0.311. The number of carbonyl (C=O) groups is 2. The summed E-state index contributed by atoms with van der Waals surface area (Å²) < 4.78 is 5.98. The van der Waals surface area contributed by atoms with Crippen LogP contribution in [-0.2, 0) is 14.3 Å². The molecular formula is C26H32ClN5O4. The number of ether oxygens (including phenoxy) is 1. The molecule has 1 atom stereocenters. The van der Waals surface area contributed by atoms with Crippen LogP contribution in [0.2, 0.25) is 5.02 Å². The van der Waals surface area contributed by atoms with Gasteiger partial charge in [0, 0.05) is 41.6 Å².